The van der Waals surface area contributed by atoms with Crippen molar-refractivity contribution in [3.8, 4) is 33.6 Å². The molecule has 2 saturated carbocycles. The summed E-state index contributed by atoms with van der Waals surface area (Å²) < 4.78 is 9.60. The third-order valence-corrected chi connectivity index (χ3v) is 13.6. The van der Waals surface area contributed by atoms with Crippen molar-refractivity contribution in [3.05, 3.63) is 84.7 Å². The van der Waals surface area contributed by atoms with Crippen LogP contribution in [0, 0.1) is 17.3 Å². The van der Waals surface area contributed by atoms with E-state index in [9.17, 15) is 19.2 Å². The second-order valence-corrected chi connectivity index (χ2v) is 17.8. The number of hydrogen-bond acceptors (Lipinski definition) is 8. The van der Waals surface area contributed by atoms with Crippen LogP contribution in [0.4, 0.5) is 9.59 Å². The Labute approximate surface area is 355 Å². The number of ether oxygens (including phenoxy) is 2. The lowest BCUT2D eigenvalue weighted by Gasteiger charge is -2.37. The number of imidazole rings is 2. The van der Waals surface area contributed by atoms with Crippen LogP contribution in [0.5, 0.6) is 0 Å². The lowest BCUT2D eigenvalue weighted by Crippen LogP contribution is -2.54. The van der Waals surface area contributed by atoms with Gasteiger partial charge in [0.05, 0.1) is 50.1 Å². The fraction of sp³-hybridized carbons (Fsp3) is 0.447. The largest absolute Gasteiger partial charge is 0.453 e. The number of H-pyrrole nitrogens is 2. The summed E-state index contributed by atoms with van der Waals surface area (Å²) in [5, 5.41) is 7.68. The van der Waals surface area contributed by atoms with Gasteiger partial charge in [0.15, 0.2) is 0 Å². The lowest BCUT2D eigenvalue weighted by molar-refractivity contribution is -0.139. The standard InChI is InChI=1S/C47H54N8O6/c1-6-35(52-45(58)60-4)43(56)54-25-47(17-18-47)22-38(54)41-48-24-37(50-41)32-14-13-30-19-29(11-12-31(30)20-32)27-7-9-28(10-8-27)36-23-49-42(51-36)40-33-15-16-34(21-33)55(40)44(57)39(26(2)3)53-46(59)61-5/h7-14,19-20,23-24,26,33-35,38-40H,6,15-18,21-22,25H2,1-5H3,(H,48,50)(H,49,51)(H,52,58)(H,53,59). The SMILES string of the molecule is CCC(NC(=O)OC)C(=O)N1CC2(CC2)CC1c1ncc(-c2ccc3cc(-c4ccc(-c5cnc(C6C7CCC(C7)N6C(=O)C(NC(=O)OC)C(C)C)[nH]5)cc4)ccc3c2)[nH]1. The van der Waals surface area contributed by atoms with E-state index in [4.69, 9.17) is 19.4 Å². The second kappa shape index (κ2) is 16.0. The van der Waals surface area contributed by atoms with Crippen molar-refractivity contribution in [3.63, 3.8) is 0 Å². The molecular formula is C47H54N8O6. The number of aromatic nitrogens is 4. The topological polar surface area (TPSA) is 175 Å². The van der Waals surface area contributed by atoms with E-state index in [1.54, 1.807) is 0 Å². The maximum atomic E-state index is 14.0. The summed E-state index contributed by atoms with van der Waals surface area (Å²) in [6.07, 6.45) is 8.91. The van der Waals surface area contributed by atoms with Crippen LogP contribution >= 0.6 is 0 Å². The Kier molecular flexibility index (Phi) is 10.6. The second-order valence-electron chi connectivity index (χ2n) is 17.8. The minimum atomic E-state index is -0.680. The molecule has 2 aromatic heterocycles. The maximum absolute atomic E-state index is 14.0. The predicted molar refractivity (Wildman–Crippen MR) is 230 cm³/mol. The molecule has 2 aliphatic carbocycles. The molecule has 3 aromatic carbocycles. The van der Waals surface area contributed by atoms with Gasteiger partial charge in [-0.3, -0.25) is 9.59 Å². The van der Waals surface area contributed by atoms with Gasteiger partial charge in [0, 0.05) is 18.2 Å². The summed E-state index contributed by atoms with van der Waals surface area (Å²) in [5.41, 5.74) is 6.10. The number of hydrogen-bond donors (Lipinski definition) is 4. The van der Waals surface area contributed by atoms with Gasteiger partial charge in [-0.15, -0.1) is 0 Å². The number of carbonyl (C=O) groups is 4. The number of amides is 4. The molecule has 4 N–H and O–H groups in total. The van der Waals surface area contributed by atoms with Gasteiger partial charge in [0.2, 0.25) is 11.8 Å². The van der Waals surface area contributed by atoms with Crippen LogP contribution in [0.15, 0.2) is 73.1 Å². The first-order chi connectivity index (χ1) is 29.5. The van der Waals surface area contributed by atoms with Gasteiger partial charge in [-0.2, -0.15) is 0 Å². The van der Waals surface area contributed by atoms with Gasteiger partial charge in [0.1, 0.15) is 23.7 Å². The highest BCUT2D eigenvalue weighted by Gasteiger charge is 2.55. The van der Waals surface area contributed by atoms with Gasteiger partial charge in [-0.1, -0.05) is 69.3 Å². The Morgan fingerprint density at radius 2 is 1.39 bits per heavy atom. The number of nitrogens with zero attached hydrogens (tertiary/aromatic N) is 4. The summed E-state index contributed by atoms with van der Waals surface area (Å²) in [7, 11) is 2.61. The molecule has 318 valence electrons. The average molecular weight is 827 g/mol. The molecule has 4 aliphatic rings. The monoisotopic (exact) mass is 826 g/mol. The quantitative estimate of drug-likeness (QED) is 0.104. The molecule has 2 saturated heterocycles. The molecule has 2 bridgehead atoms. The van der Waals surface area contributed by atoms with Crippen molar-refractivity contribution in [2.75, 3.05) is 20.8 Å². The number of benzene rings is 3. The van der Waals surface area contributed by atoms with Crippen molar-refractivity contribution in [2.45, 2.75) is 95.9 Å². The molecule has 1 spiro atoms. The van der Waals surface area contributed by atoms with Gasteiger partial charge >= 0.3 is 12.2 Å². The molecule has 4 amide bonds. The zero-order chi connectivity index (χ0) is 42.6. The van der Waals surface area contributed by atoms with E-state index >= 15 is 0 Å². The molecule has 14 nitrogen and oxygen atoms in total. The highest BCUT2D eigenvalue weighted by molar-refractivity contribution is 5.91. The van der Waals surface area contributed by atoms with Crippen LogP contribution in [0.25, 0.3) is 44.4 Å². The van der Waals surface area contributed by atoms with Crippen LogP contribution in [0.2, 0.25) is 0 Å². The number of aromatic amines is 2. The predicted octanol–water partition coefficient (Wildman–Crippen LogP) is 7.91. The van der Waals surface area contributed by atoms with Gasteiger partial charge in [0.25, 0.3) is 0 Å². The number of fused-ring (bicyclic) bond motifs is 3. The van der Waals surface area contributed by atoms with Crippen LogP contribution in [0.3, 0.4) is 0 Å². The number of alkyl carbamates (subject to hydrolysis) is 2. The summed E-state index contributed by atoms with van der Waals surface area (Å²) in [6.45, 7) is 6.41. The van der Waals surface area contributed by atoms with E-state index < -0.39 is 24.3 Å². The Hall–Kier alpha value is -6.18. The molecule has 4 heterocycles. The number of carbonyl (C=O) groups excluding carboxylic acids is 4. The van der Waals surface area contributed by atoms with Crippen LogP contribution in [0.1, 0.15) is 89.4 Å². The number of nitrogens with one attached hydrogen (secondary N) is 4. The zero-order valence-corrected chi connectivity index (χ0v) is 35.4. The Morgan fingerprint density at radius 3 is 2.07 bits per heavy atom. The van der Waals surface area contributed by atoms with E-state index in [-0.39, 0.29) is 41.3 Å². The summed E-state index contributed by atoms with van der Waals surface area (Å²) >= 11 is 0. The van der Waals surface area contributed by atoms with Crippen molar-refractivity contribution in [1.29, 1.82) is 0 Å². The molecule has 61 heavy (non-hydrogen) atoms. The third kappa shape index (κ3) is 7.61. The molecule has 2 aliphatic heterocycles. The van der Waals surface area contributed by atoms with E-state index in [0.717, 1.165) is 94.6 Å². The van der Waals surface area contributed by atoms with Crippen molar-refractivity contribution in [1.82, 2.24) is 40.4 Å². The van der Waals surface area contributed by atoms with E-state index in [2.05, 4.69) is 81.3 Å². The minimum Gasteiger partial charge on any atom is -0.453 e. The highest BCUT2D eigenvalue weighted by atomic mass is 16.5. The Balaban J connectivity index is 0.891. The first kappa shape index (κ1) is 40.2. The average Bonchev–Trinajstić information content (AvgIpc) is 3.91. The van der Waals surface area contributed by atoms with Crippen molar-refractivity contribution >= 4 is 34.8 Å². The van der Waals surface area contributed by atoms with Crippen LogP contribution in [-0.4, -0.2) is 92.6 Å². The number of piperidine rings is 1. The fourth-order valence-corrected chi connectivity index (χ4v) is 10.0. The smallest absolute Gasteiger partial charge is 0.407 e. The van der Waals surface area contributed by atoms with Crippen LogP contribution in [-0.2, 0) is 19.1 Å². The Bertz CT molecular complexity index is 2470. The summed E-state index contributed by atoms with van der Waals surface area (Å²) in [5.74, 6) is 1.56. The van der Waals surface area contributed by atoms with E-state index in [0.29, 0.717) is 18.9 Å². The molecule has 0 radical (unpaired) electrons. The normalized spacial score (nSPS) is 22.1. The number of rotatable bonds is 11. The summed E-state index contributed by atoms with van der Waals surface area (Å²) in [4.78, 5) is 72.3. The van der Waals surface area contributed by atoms with Crippen molar-refractivity contribution < 1.29 is 28.7 Å². The molecular weight excluding hydrogens is 773 g/mol. The zero-order valence-electron chi connectivity index (χ0n) is 35.4. The lowest BCUT2D eigenvalue weighted by atomic mass is 9.95. The highest BCUT2D eigenvalue weighted by Crippen LogP contribution is 2.58. The Morgan fingerprint density at radius 1 is 0.787 bits per heavy atom. The van der Waals surface area contributed by atoms with Gasteiger partial charge < -0.3 is 39.9 Å². The van der Waals surface area contributed by atoms with E-state index in [1.165, 1.54) is 14.2 Å². The molecule has 9 rings (SSSR count). The number of methoxy groups -OCH3 is 2. The molecule has 6 atom stereocenters. The van der Waals surface area contributed by atoms with Gasteiger partial charge in [-0.25, -0.2) is 19.6 Å². The first-order valence-corrected chi connectivity index (χ1v) is 21.5. The molecule has 5 aromatic rings. The van der Waals surface area contributed by atoms with Crippen LogP contribution < -0.4 is 10.6 Å². The molecule has 14 heteroatoms. The third-order valence-electron chi connectivity index (χ3n) is 13.6. The van der Waals surface area contributed by atoms with Gasteiger partial charge in [-0.05, 0) is 102 Å². The van der Waals surface area contributed by atoms with E-state index in [1.807, 2.05) is 43.0 Å². The first-order valence-electron chi connectivity index (χ1n) is 21.5. The molecule has 4 fully saturated rings. The van der Waals surface area contributed by atoms with Crippen molar-refractivity contribution in [2.24, 2.45) is 17.3 Å². The maximum Gasteiger partial charge on any atom is 0.407 e. The minimum absolute atomic E-state index is 0.0905. The fourth-order valence-electron chi connectivity index (χ4n) is 10.0. The summed E-state index contributed by atoms with van der Waals surface area (Å²) in [6, 6.07) is 19.7. The number of likely N-dealkylation sites (tertiary alicyclic amines) is 2. The molecule has 6 unspecified atom stereocenters.